The Morgan fingerprint density at radius 3 is 2.41 bits per heavy atom. The van der Waals surface area contributed by atoms with Crippen LogP contribution in [0, 0.1) is 17.3 Å². The highest BCUT2D eigenvalue weighted by Crippen LogP contribution is 2.51. The maximum absolute atomic E-state index is 12.7. The van der Waals surface area contributed by atoms with Crippen LogP contribution in [0.4, 0.5) is 0 Å². The zero-order valence-corrected chi connectivity index (χ0v) is 14.1. The van der Waals surface area contributed by atoms with E-state index in [0.717, 1.165) is 51.1 Å². The lowest BCUT2D eigenvalue weighted by Crippen LogP contribution is -2.63. The summed E-state index contributed by atoms with van der Waals surface area (Å²) in [4.78, 5) is 14.8. The molecule has 2 saturated carbocycles. The van der Waals surface area contributed by atoms with Crippen molar-refractivity contribution in [1.82, 2.24) is 4.90 Å². The van der Waals surface area contributed by atoms with E-state index in [1.165, 1.54) is 12.8 Å². The number of ether oxygens (including phenoxy) is 1. The molecule has 1 heterocycles. The minimum Gasteiger partial charge on any atom is -0.392 e. The van der Waals surface area contributed by atoms with Crippen LogP contribution in [-0.4, -0.2) is 47.8 Å². The van der Waals surface area contributed by atoms with Crippen molar-refractivity contribution >= 4 is 5.91 Å². The molecule has 3 aliphatic rings. The normalized spacial score (nSPS) is 37.9. The quantitative estimate of drug-likeness (QED) is 0.872. The Morgan fingerprint density at radius 2 is 1.86 bits per heavy atom. The summed E-state index contributed by atoms with van der Waals surface area (Å²) >= 11 is 0. The van der Waals surface area contributed by atoms with Gasteiger partial charge in [-0.05, 0) is 51.4 Å². The molecule has 3 rings (SSSR count). The smallest absolute Gasteiger partial charge is 0.225 e. The van der Waals surface area contributed by atoms with E-state index in [1.807, 2.05) is 6.92 Å². The fourth-order valence-corrected chi connectivity index (χ4v) is 4.73. The van der Waals surface area contributed by atoms with Crippen LogP contribution in [0.5, 0.6) is 0 Å². The first-order valence-corrected chi connectivity index (χ1v) is 9.15. The molecule has 1 N–H and O–H groups in total. The van der Waals surface area contributed by atoms with Crippen molar-refractivity contribution in [3.63, 3.8) is 0 Å². The molecule has 0 aromatic carbocycles. The van der Waals surface area contributed by atoms with Crippen molar-refractivity contribution in [3.8, 4) is 0 Å². The Balaban J connectivity index is 1.54. The van der Waals surface area contributed by atoms with Crippen molar-refractivity contribution in [3.05, 3.63) is 0 Å². The monoisotopic (exact) mass is 309 g/mol. The minimum absolute atomic E-state index is 0.0755. The highest BCUT2D eigenvalue weighted by Gasteiger charge is 2.56. The van der Waals surface area contributed by atoms with E-state index >= 15 is 0 Å². The van der Waals surface area contributed by atoms with E-state index in [-0.39, 0.29) is 23.5 Å². The molecule has 22 heavy (non-hydrogen) atoms. The number of hydrogen-bond acceptors (Lipinski definition) is 3. The van der Waals surface area contributed by atoms with Gasteiger partial charge in [0.1, 0.15) is 0 Å². The van der Waals surface area contributed by atoms with E-state index in [0.29, 0.717) is 12.5 Å². The molecule has 1 aliphatic heterocycles. The van der Waals surface area contributed by atoms with Gasteiger partial charge >= 0.3 is 0 Å². The lowest BCUT2D eigenvalue weighted by atomic mass is 9.58. The molecule has 1 saturated heterocycles. The summed E-state index contributed by atoms with van der Waals surface area (Å²) < 4.78 is 5.80. The van der Waals surface area contributed by atoms with Crippen LogP contribution < -0.4 is 0 Å². The summed E-state index contributed by atoms with van der Waals surface area (Å²) in [5, 5.41) is 10.2. The lowest BCUT2D eigenvalue weighted by Gasteiger charge is -2.56. The average molecular weight is 309 g/mol. The third kappa shape index (κ3) is 2.80. The second-order valence-electron chi connectivity index (χ2n) is 7.71. The fourth-order valence-electron chi connectivity index (χ4n) is 4.73. The zero-order valence-electron chi connectivity index (χ0n) is 14.1. The van der Waals surface area contributed by atoms with Crippen LogP contribution in [0.1, 0.15) is 58.8 Å². The topological polar surface area (TPSA) is 49.8 Å². The summed E-state index contributed by atoms with van der Waals surface area (Å²) in [7, 11) is 0. The molecule has 0 aromatic rings. The molecular formula is C18H31NO3. The van der Waals surface area contributed by atoms with Gasteiger partial charge in [0, 0.05) is 37.5 Å². The van der Waals surface area contributed by atoms with Crippen LogP contribution in [0.3, 0.4) is 0 Å². The van der Waals surface area contributed by atoms with E-state index in [4.69, 9.17) is 4.74 Å². The zero-order chi connectivity index (χ0) is 15.7. The van der Waals surface area contributed by atoms with Crippen LogP contribution in [0.25, 0.3) is 0 Å². The summed E-state index contributed by atoms with van der Waals surface area (Å²) in [6, 6.07) is 0. The number of aliphatic hydroxyl groups excluding tert-OH is 1. The van der Waals surface area contributed by atoms with Crippen molar-refractivity contribution in [1.29, 1.82) is 0 Å². The number of rotatable bonds is 3. The first-order valence-electron chi connectivity index (χ1n) is 9.15. The molecular weight excluding hydrogens is 278 g/mol. The van der Waals surface area contributed by atoms with Crippen molar-refractivity contribution < 1.29 is 14.6 Å². The molecule has 0 aromatic heterocycles. The number of nitrogens with zero attached hydrogens (tertiary/aromatic N) is 1. The Bertz CT molecular complexity index is 393. The van der Waals surface area contributed by atoms with Crippen molar-refractivity contribution in [2.45, 2.75) is 71.0 Å². The first kappa shape index (κ1) is 16.3. The van der Waals surface area contributed by atoms with Crippen LogP contribution >= 0.6 is 0 Å². The standard InChI is InChI=1S/C18H31NO3/c1-3-22-16-12-15(20)18(16)8-10-19(11-9-18)17(21)14-6-4-13(2)5-7-14/h13-16,20H,3-12H2,1-2H3/t13?,14?,15-,16-/m1/s1. The SMILES string of the molecule is CCO[C@@H]1C[C@@H](O)C12CCN(C(=O)C1CCC(C)CC1)CC2. The van der Waals surface area contributed by atoms with Crippen LogP contribution in [-0.2, 0) is 9.53 Å². The van der Waals surface area contributed by atoms with Gasteiger partial charge < -0.3 is 14.7 Å². The van der Waals surface area contributed by atoms with Gasteiger partial charge in [-0.15, -0.1) is 0 Å². The molecule has 0 unspecified atom stereocenters. The summed E-state index contributed by atoms with van der Waals surface area (Å²) in [5.41, 5.74) is -0.0755. The molecule has 2 atom stereocenters. The van der Waals surface area contributed by atoms with Crippen LogP contribution in [0.15, 0.2) is 0 Å². The Labute approximate surface area is 134 Å². The molecule has 4 nitrogen and oxygen atoms in total. The number of likely N-dealkylation sites (tertiary alicyclic amines) is 1. The van der Waals surface area contributed by atoms with Gasteiger partial charge in [0.05, 0.1) is 12.2 Å². The van der Waals surface area contributed by atoms with Gasteiger partial charge in [-0.25, -0.2) is 0 Å². The molecule has 3 fully saturated rings. The van der Waals surface area contributed by atoms with Crippen molar-refractivity contribution in [2.75, 3.05) is 19.7 Å². The predicted molar refractivity (Wildman–Crippen MR) is 85.4 cm³/mol. The van der Waals surface area contributed by atoms with Gasteiger partial charge in [0.25, 0.3) is 0 Å². The highest BCUT2D eigenvalue weighted by molar-refractivity contribution is 5.79. The average Bonchev–Trinajstić information content (AvgIpc) is 2.55. The Hall–Kier alpha value is -0.610. The third-order valence-electron chi connectivity index (χ3n) is 6.48. The minimum atomic E-state index is -0.239. The molecule has 1 spiro atoms. The van der Waals surface area contributed by atoms with E-state index < -0.39 is 0 Å². The van der Waals surface area contributed by atoms with E-state index in [9.17, 15) is 9.90 Å². The molecule has 126 valence electrons. The lowest BCUT2D eigenvalue weighted by molar-refractivity contribution is -0.210. The number of amides is 1. The summed E-state index contributed by atoms with van der Waals surface area (Å²) in [6.45, 7) is 6.61. The van der Waals surface area contributed by atoms with Crippen LogP contribution in [0.2, 0.25) is 0 Å². The van der Waals surface area contributed by atoms with Gasteiger partial charge in [-0.1, -0.05) is 6.92 Å². The first-order chi connectivity index (χ1) is 10.6. The summed E-state index contributed by atoms with van der Waals surface area (Å²) in [5.74, 6) is 1.40. The van der Waals surface area contributed by atoms with Gasteiger partial charge in [-0.3, -0.25) is 4.79 Å². The second kappa shape index (κ2) is 6.48. The van der Waals surface area contributed by atoms with Crippen molar-refractivity contribution in [2.24, 2.45) is 17.3 Å². The summed E-state index contributed by atoms with van der Waals surface area (Å²) in [6.07, 6.45) is 7.03. The Kier molecular flexibility index (Phi) is 4.79. The second-order valence-corrected chi connectivity index (χ2v) is 7.71. The number of carbonyl (C=O) groups excluding carboxylic acids is 1. The van der Waals surface area contributed by atoms with Gasteiger partial charge in [0.15, 0.2) is 0 Å². The Morgan fingerprint density at radius 1 is 1.23 bits per heavy atom. The maximum atomic E-state index is 12.7. The molecule has 4 heteroatoms. The highest BCUT2D eigenvalue weighted by atomic mass is 16.5. The third-order valence-corrected chi connectivity index (χ3v) is 6.48. The maximum Gasteiger partial charge on any atom is 0.225 e. The number of piperidine rings is 1. The fraction of sp³-hybridized carbons (Fsp3) is 0.944. The van der Waals surface area contributed by atoms with E-state index in [2.05, 4.69) is 11.8 Å². The molecule has 0 radical (unpaired) electrons. The predicted octanol–water partition coefficient (Wildman–Crippen LogP) is 2.59. The molecule has 2 aliphatic carbocycles. The largest absolute Gasteiger partial charge is 0.392 e. The van der Waals surface area contributed by atoms with Gasteiger partial charge in [0.2, 0.25) is 5.91 Å². The number of hydrogen-bond donors (Lipinski definition) is 1. The van der Waals surface area contributed by atoms with E-state index in [1.54, 1.807) is 0 Å². The number of carbonyl (C=O) groups is 1. The molecule has 0 bridgehead atoms. The number of aliphatic hydroxyl groups is 1. The molecule has 1 amide bonds. The van der Waals surface area contributed by atoms with Gasteiger partial charge in [-0.2, -0.15) is 0 Å².